The van der Waals surface area contributed by atoms with Gasteiger partial charge >= 0.3 is 0 Å². The molecule has 3 rings (SSSR count). The minimum atomic E-state index is -0.309. The average molecular weight is 345 g/mol. The molecule has 1 aromatic carbocycles. The van der Waals surface area contributed by atoms with Gasteiger partial charge in [-0.2, -0.15) is 0 Å². The van der Waals surface area contributed by atoms with E-state index in [0.29, 0.717) is 0 Å². The fraction of sp³-hybridized carbons (Fsp3) is 0.444. The molecule has 2 aromatic rings. The van der Waals surface area contributed by atoms with Gasteiger partial charge in [-0.05, 0) is 17.7 Å². The van der Waals surface area contributed by atoms with E-state index in [1.54, 1.807) is 18.5 Å². The Morgan fingerprint density at radius 2 is 1.88 bits per heavy atom. The molecule has 0 saturated carbocycles. The van der Waals surface area contributed by atoms with Crippen molar-refractivity contribution >= 4 is 11.6 Å². The molecule has 0 unspecified atom stereocenters. The molecule has 25 heavy (non-hydrogen) atoms. The molecule has 1 fully saturated rings. The molecule has 1 aliphatic rings. The standard InChI is InChI=1S/C18H24FN5O/c1-22(2)17-11-18(21-13-20-17)24-8-6-23(7-9-24)12-14-4-5-16(25-3)15(19)10-14/h4-5,10-11,13H,6-9,12H2,1-3H3. The minimum Gasteiger partial charge on any atom is -0.494 e. The second kappa shape index (κ2) is 7.65. The van der Waals surface area contributed by atoms with Crippen molar-refractivity contribution in [1.82, 2.24) is 14.9 Å². The van der Waals surface area contributed by atoms with Crippen LogP contribution in [0.2, 0.25) is 0 Å². The zero-order valence-electron chi connectivity index (χ0n) is 14.9. The van der Waals surface area contributed by atoms with Crippen molar-refractivity contribution in [2.45, 2.75) is 6.54 Å². The zero-order chi connectivity index (χ0) is 17.8. The molecule has 0 N–H and O–H groups in total. The molecule has 134 valence electrons. The van der Waals surface area contributed by atoms with Crippen LogP contribution in [0.5, 0.6) is 5.75 Å². The number of ether oxygens (including phenoxy) is 1. The lowest BCUT2D eigenvalue weighted by atomic mass is 10.2. The molecular formula is C18H24FN5O. The number of nitrogens with zero attached hydrogens (tertiary/aromatic N) is 5. The number of methoxy groups -OCH3 is 1. The van der Waals surface area contributed by atoms with Crippen LogP contribution in [0.15, 0.2) is 30.6 Å². The Labute approximate surface area is 147 Å². The summed E-state index contributed by atoms with van der Waals surface area (Å²) >= 11 is 0. The van der Waals surface area contributed by atoms with Gasteiger partial charge in [0.15, 0.2) is 11.6 Å². The number of halogens is 1. The number of hydrogen-bond donors (Lipinski definition) is 0. The number of anilines is 2. The van der Waals surface area contributed by atoms with Crippen LogP contribution < -0.4 is 14.5 Å². The van der Waals surface area contributed by atoms with Gasteiger partial charge < -0.3 is 14.5 Å². The van der Waals surface area contributed by atoms with Crippen LogP contribution in [0.3, 0.4) is 0 Å². The van der Waals surface area contributed by atoms with Crippen molar-refractivity contribution in [3.05, 3.63) is 42.0 Å². The molecule has 0 atom stereocenters. The van der Waals surface area contributed by atoms with E-state index < -0.39 is 0 Å². The van der Waals surface area contributed by atoms with Gasteiger partial charge in [0.25, 0.3) is 0 Å². The summed E-state index contributed by atoms with van der Waals surface area (Å²) in [6.07, 6.45) is 1.61. The first-order valence-electron chi connectivity index (χ1n) is 8.36. The summed E-state index contributed by atoms with van der Waals surface area (Å²) in [5.74, 6) is 1.83. The van der Waals surface area contributed by atoms with Gasteiger partial charge in [0, 0.05) is 52.9 Å². The largest absolute Gasteiger partial charge is 0.494 e. The zero-order valence-corrected chi connectivity index (χ0v) is 14.9. The van der Waals surface area contributed by atoms with Crippen LogP contribution in [0.4, 0.5) is 16.0 Å². The van der Waals surface area contributed by atoms with E-state index in [0.717, 1.165) is 49.9 Å². The number of hydrogen-bond acceptors (Lipinski definition) is 6. The lowest BCUT2D eigenvalue weighted by Crippen LogP contribution is -2.46. The summed E-state index contributed by atoms with van der Waals surface area (Å²) in [6, 6.07) is 7.17. The molecule has 2 heterocycles. The molecule has 0 radical (unpaired) electrons. The van der Waals surface area contributed by atoms with E-state index in [9.17, 15) is 4.39 Å². The summed E-state index contributed by atoms with van der Waals surface area (Å²) in [5, 5.41) is 0. The Balaban J connectivity index is 1.58. The SMILES string of the molecule is COc1ccc(CN2CCN(c3cc(N(C)C)ncn3)CC2)cc1F. The Morgan fingerprint density at radius 1 is 1.12 bits per heavy atom. The number of rotatable bonds is 5. The summed E-state index contributed by atoms with van der Waals surface area (Å²) < 4.78 is 18.8. The van der Waals surface area contributed by atoms with Gasteiger partial charge in [-0.3, -0.25) is 4.90 Å². The second-order valence-electron chi connectivity index (χ2n) is 6.36. The van der Waals surface area contributed by atoms with Gasteiger partial charge in [0.05, 0.1) is 7.11 Å². The van der Waals surface area contributed by atoms with Crippen molar-refractivity contribution in [2.75, 3.05) is 57.2 Å². The molecule has 0 amide bonds. The van der Waals surface area contributed by atoms with E-state index in [1.165, 1.54) is 7.11 Å². The first-order chi connectivity index (χ1) is 12.1. The van der Waals surface area contributed by atoms with Gasteiger partial charge in [0.1, 0.15) is 18.0 Å². The van der Waals surface area contributed by atoms with Gasteiger partial charge in [-0.1, -0.05) is 6.07 Å². The third-order valence-electron chi connectivity index (χ3n) is 4.42. The number of piperazine rings is 1. The maximum atomic E-state index is 13.8. The monoisotopic (exact) mass is 345 g/mol. The lowest BCUT2D eigenvalue weighted by Gasteiger charge is -2.35. The molecule has 1 aromatic heterocycles. The summed E-state index contributed by atoms with van der Waals surface area (Å²) in [7, 11) is 5.42. The smallest absolute Gasteiger partial charge is 0.165 e. The van der Waals surface area contributed by atoms with E-state index >= 15 is 0 Å². The average Bonchev–Trinajstić information content (AvgIpc) is 2.62. The van der Waals surface area contributed by atoms with Crippen LogP contribution in [0.1, 0.15) is 5.56 Å². The summed E-state index contributed by atoms with van der Waals surface area (Å²) in [4.78, 5) is 15.2. The predicted molar refractivity (Wildman–Crippen MR) is 96.8 cm³/mol. The van der Waals surface area contributed by atoms with E-state index in [1.807, 2.05) is 31.1 Å². The number of aromatic nitrogens is 2. The second-order valence-corrected chi connectivity index (χ2v) is 6.36. The quantitative estimate of drug-likeness (QED) is 0.826. The number of benzene rings is 1. The van der Waals surface area contributed by atoms with Crippen LogP contribution in [0.25, 0.3) is 0 Å². The molecular weight excluding hydrogens is 321 g/mol. The van der Waals surface area contributed by atoms with Gasteiger partial charge in [-0.25, -0.2) is 14.4 Å². The van der Waals surface area contributed by atoms with Crippen molar-refractivity contribution < 1.29 is 9.13 Å². The summed E-state index contributed by atoms with van der Waals surface area (Å²) in [5.41, 5.74) is 0.962. The van der Waals surface area contributed by atoms with Crippen molar-refractivity contribution in [3.8, 4) is 5.75 Å². The highest BCUT2D eigenvalue weighted by Crippen LogP contribution is 2.21. The molecule has 1 aliphatic heterocycles. The normalized spacial score (nSPS) is 15.3. The first-order valence-corrected chi connectivity index (χ1v) is 8.36. The lowest BCUT2D eigenvalue weighted by molar-refractivity contribution is 0.249. The highest BCUT2D eigenvalue weighted by atomic mass is 19.1. The highest BCUT2D eigenvalue weighted by molar-refractivity contribution is 5.49. The molecule has 0 aliphatic carbocycles. The van der Waals surface area contributed by atoms with Crippen LogP contribution in [0, 0.1) is 5.82 Å². The van der Waals surface area contributed by atoms with Crippen molar-refractivity contribution in [1.29, 1.82) is 0 Å². The molecule has 0 bridgehead atoms. The first kappa shape index (κ1) is 17.4. The maximum Gasteiger partial charge on any atom is 0.165 e. The maximum absolute atomic E-state index is 13.8. The molecule has 6 nitrogen and oxygen atoms in total. The fourth-order valence-corrected chi connectivity index (χ4v) is 2.96. The Hall–Kier alpha value is -2.41. The van der Waals surface area contributed by atoms with Crippen molar-refractivity contribution in [3.63, 3.8) is 0 Å². The Kier molecular flexibility index (Phi) is 5.33. The molecule has 1 saturated heterocycles. The Bertz CT molecular complexity index is 716. The summed E-state index contributed by atoms with van der Waals surface area (Å²) in [6.45, 7) is 4.34. The van der Waals surface area contributed by atoms with E-state index in [4.69, 9.17) is 4.74 Å². The minimum absolute atomic E-state index is 0.286. The van der Waals surface area contributed by atoms with Gasteiger partial charge in [0.2, 0.25) is 0 Å². The third-order valence-corrected chi connectivity index (χ3v) is 4.42. The molecule has 0 spiro atoms. The van der Waals surface area contributed by atoms with E-state index in [-0.39, 0.29) is 11.6 Å². The Morgan fingerprint density at radius 3 is 2.52 bits per heavy atom. The third kappa shape index (κ3) is 4.17. The van der Waals surface area contributed by atoms with Crippen molar-refractivity contribution in [2.24, 2.45) is 0 Å². The van der Waals surface area contributed by atoms with E-state index in [2.05, 4.69) is 19.8 Å². The topological polar surface area (TPSA) is 44.7 Å². The van der Waals surface area contributed by atoms with Crippen LogP contribution >= 0.6 is 0 Å². The van der Waals surface area contributed by atoms with Gasteiger partial charge in [-0.15, -0.1) is 0 Å². The predicted octanol–water partition coefficient (Wildman–Crippen LogP) is 2.01. The molecule has 7 heteroatoms. The fourth-order valence-electron chi connectivity index (χ4n) is 2.96. The highest BCUT2D eigenvalue weighted by Gasteiger charge is 2.19. The van der Waals surface area contributed by atoms with Crippen LogP contribution in [-0.2, 0) is 6.54 Å². The van der Waals surface area contributed by atoms with Crippen LogP contribution in [-0.4, -0.2) is 62.3 Å².